The summed E-state index contributed by atoms with van der Waals surface area (Å²) in [6, 6.07) is -0.488. The first-order chi connectivity index (χ1) is 5.59. The summed E-state index contributed by atoms with van der Waals surface area (Å²) in [6.07, 6.45) is 0. The summed E-state index contributed by atoms with van der Waals surface area (Å²) in [5.41, 5.74) is 5.01. The van der Waals surface area contributed by atoms with Gasteiger partial charge >= 0.3 is 6.03 Å². The molecule has 0 radical (unpaired) electrons. The van der Waals surface area contributed by atoms with Gasteiger partial charge < -0.3 is 10.6 Å². The predicted octanol–water partition coefficient (Wildman–Crippen LogP) is -0.376. The van der Waals surface area contributed by atoms with Crippen molar-refractivity contribution in [1.82, 2.24) is 20.1 Å². The fourth-order valence-electron chi connectivity index (χ4n) is 0.750. The second-order valence-corrected chi connectivity index (χ2v) is 2.53. The first-order valence-corrected chi connectivity index (χ1v) is 3.48. The van der Waals surface area contributed by atoms with Gasteiger partial charge in [-0.2, -0.15) is 5.10 Å². The van der Waals surface area contributed by atoms with Crippen LogP contribution < -0.4 is 5.73 Å². The van der Waals surface area contributed by atoms with E-state index in [1.165, 1.54) is 4.90 Å². The molecule has 0 saturated heterocycles. The highest BCUT2D eigenvalue weighted by molar-refractivity contribution is 5.71. The Balaban J connectivity index is 2.58. The predicted molar refractivity (Wildman–Crippen MR) is 42.2 cm³/mol. The molecule has 0 saturated carbocycles. The summed E-state index contributed by atoms with van der Waals surface area (Å²) >= 11 is 0. The molecular weight excluding hydrogens is 158 g/mol. The second-order valence-electron chi connectivity index (χ2n) is 2.53. The molecule has 1 heterocycles. The number of aromatic amines is 1. The largest absolute Gasteiger partial charge is 0.351 e. The van der Waals surface area contributed by atoms with Crippen LogP contribution in [-0.4, -0.2) is 33.2 Å². The van der Waals surface area contributed by atoms with Crippen molar-refractivity contribution in [3.05, 3.63) is 11.6 Å². The van der Waals surface area contributed by atoms with E-state index in [-0.39, 0.29) is 0 Å². The zero-order valence-corrected chi connectivity index (χ0v) is 7.03. The molecule has 66 valence electrons. The number of aryl methyl sites for hydroxylation is 1. The van der Waals surface area contributed by atoms with Gasteiger partial charge in [0.1, 0.15) is 5.82 Å². The average molecular weight is 169 g/mol. The van der Waals surface area contributed by atoms with E-state index in [0.29, 0.717) is 12.4 Å². The molecule has 1 aromatic heterocycles. The zero-order chi connectivity index (χ0) is 9.14. The lowest BCUT2D eigenvalue weighted by Gasteiger charge is -2.10. The number of urea groups is 1. The van der Waals surface area contributed by atoms with Gasteiger partial charge in [0.2, 0.25) is 0 Å². The van der Waals surface area contributed by atoms with Crippen LogP contribution in [0.5, 0.6) is 0 Å². The van der Waals surface area contributed by atoms with E-state index in [4.69, 9.17) is 5.73 Å². The van der Waals surface area contributed by atoms with Crippen molar-refractivity contribution in [3.63, 3.8) is 0 Å². The summed E-state index contributed by atoms with van der Waals surface area (Å²) in [5, 5.41) is 6.53. The molecule has 1 rings (SSSR count). The molecule has 0 aliphatic carbocycles. The van der Waals surface area contributed by atoms with Crippen molar-refractivity contribution in [2.24, 2.45) is 5.73 Å². The molecule has 0 spiro atoms. The molecule has 12 heavy (non-hydrogen) atoms. The Morgan fingerprint density at radius 2 is 2.42 bits per heavy atom. The monoisotopic (exact) mass is 169 g/mol. The number of carbonyl (C=O) groups excluding carboxylic acids is 1. The maximum atomic E-state index is 10.6. The number of aromatic nitrogens is 3. The van der Waals surface area contributed by atoms with Crippen LogP contribution in [0, 0.1) is 6.92 Å². The third kappa shape index (κ3) is 1.94. The van der Waals surface area contributed by atoms with Gasteiger partial charge in [-0.15, -0.1) is 0 Å². The van der Waals surface area contributed by atoms with E-state index in [1.807, 2.05) is 0 Å². The topological polar surface area (TPSA) is 87.9 Å². The quantitative estimate of drug-likeness (QED) is 0.632. The number of hydrogen-bond acceptors (Lipinski definition) is 3. The highest BCUT2D eigenvalue weighted by atomic mass is 16.2. The van der Waals surface area contributed by atoms with Crippen molar-refractivity contribution in [2.45, 2.75) is 13.5 Å². The molecule has 0 fully saturated rings. The molecule has 0 unspecified atom stereocenters. The van der Waals surface area contributed by atoms with Gasteiger partial charge in [0.15, 0.2) is 5.82 Å². The maximum Gasteiger partial charge on any atom is 0.314 e. The van der Waals surface area contributed by atoms with E-state index in [0.717, 1.165) is 5.82 Å². The molecule has 6 nitrogen and oxygen atoms in total. The van der Waals surface area contributed by atoms with E-state index in [9.17, 15) is 4.79 Å². The van der Waals surface area contributed by atoms with Gasteiger partial charge in [-0.1, -0.05) is 0 Å². The Kier molecular flexibility index (Phi) is 2.27. The Bertz CT molecular complexity index is 281. The minimum atomic E-state index is -0.488. The van der Waals surface area contributed by atoms with Crippen LogP contribution in [0.15, 0.2) is 0 Å². The Labute approximate surface area is 69.8 Å². The van der Waals surface area contributed by atoms with Crippen molar-refractivity contribution < 1.29 is 4.79 Å². The molecule has 0 atom stereocenters. The highest BCUT2D eigenvalue weighted by Gasteiger charge is 2.06. The van der Waals surface area contributed by atoms with Crippen LogP contribution in [-0.2, 0) is 6.54 Å². The number of H-pyrrole nitrogens is 1. The van der Waals surface area contributed by atoms with E-state index >= 15 is 0 Å². The summed E-state index contributed by atoms with van der Waals surface area (Å²) < 4.78 is 0. The SMILES string of the molecule is Cc1nc(CN(C)C(N)=O)n[nH]1. The molecule has 0 bridgehead atoms. The van der Waals surface area contributed by atoms with Gasteiger partial charge in [0.25, 0.3) is 0 Å². The number of nitrogens with one attached hydrogen (secondary N) is 1. The van der Waals surface area contributed by atoms with Gasteiger partial charge in [-0.25, -0.2) is 9.78 Å². The van der Waals surface area contributed by atoms with Crippen LogP contribution in [0.4, 0.5) is 4.79 Å². The lowest BCUT2D eigenvalue weighted by molar-refractivity contribution is 0.215. The standard InChI is InChI=1S/C6H11N5O/c1-4-8-5(10-9-4)3-11(2)6(7)12/h3H2,1-2H3,(H2,7,12)(H,8,9,10). The normalized spacial score (nSPS) is 9.83. The zero-order valence-electron chi connectivity index (χ0n) is 7.03. The Morgan fingerprint density at radius 3 is 2.83 bits per heavy atom. The molecule has 0 aromatic carbocycles. The van der Waals surface area contributed by atoms with Crippen LogP contribution in [0.3, 0.4) is 0 Å². The Morgan fingerprint density at radius 1 is 1.75 bits per heavy atom. The minimum absolute atomic E-state index is 0.333. The third-order valence-corrected chi connectivity index (χ3v) is 1.40. The van der Waals surface area contributed by atoms with Crippen molar-refractivity contribution >= 4 is 6.03 Å². The van der Waals surface area contributed by atoms with E-state index in [1.54, 1.807) is 14.0 Å². The maximum absolute atomic E-state index is 10.6. The summed E-state index contributed by atoms with van der Waals surface area (Å²) in [7, 11) is 1.59. The molecular formula is C6H11N5O. The molecule has 1 aromatic rings. The first kappa shape index (κ1) is 8.51. The number of nitrogens with zero attached hydrogens (tertiary/aromatic N) is 3. The lowest BCUT2D eigenvalue weighted by Crippen LogP contribution is -2.31. The molecule has 2 amide bonds. The molecule has 0 aliphatic heterocycles. The third-order valence-electron chi connectivity index (χ3n) is 1.40. The van der Waals surface area contributed by atoms with Crippen molar-refractivity contribution in [1.29, 1.82) is 0 Å². The summed E-state index contributed by atoms with van der Waals surface area (Å²) in [4.78, 5) is 15.9. The van der Waals surface area contributed by atoms with Crippen molar-refractivity contribution in [2.75, 3.05) is 7.05 Å². The smallest absolute Gasteiger partial charge is 0.314 e. The minimum Gasteiger partial charge on any atom is -0.351 e. The number of carbonyl (C=O) groups is 1. The summed E-state index contributed by atoms with van der Waals surface area (Å²) in [6.45, 7) is 2.13. The average Bonchev–Trinajstić information content (AvgIpc) is 2.35. The van der Waals surface area contributed by atoms with Crippen LogP contribution in [0.2, 0.25) is 0 Å². The van der Waals surface area contributed by atoms with Gasteiger partial charge in [0.05, 0.1) is 6.54 Å². The first-order valence-electron chi connectivity index (χ1n) is 3.48. The number of rotatable bonds is 2. The molecule has 6 heteroatoms. The summed E-state index contributed by atoms with van der Waals surface area (Å²) in [5.74, 6) is 1.29. The van der Waals surface area contributed by atoms with E-state index < -0.39 is 6.03 Å². The number of primary amides is 1. The van der Waals surface area contributed by atoms with Gasteiger partial charge in [-0.3, -0.25) is 5.10 Å². The van der Waals surface area contributed by atoms with Crippen LogP contribution >= 0.6 is 0 Å². The second kappa shape index (κ2) is 3.21. The highest BCUT2D eigenvalue weighted by Crippen LogP contribution is 1.95. The molecule has 0 aliphatic rings. The lowest BCUT2D eigenvalue weighted by atomic mass is 10.5. The van der Waals surface area contributed by atoms with Gasteiger partial charge in [0, 0.05) is 7.05 Å². The number of hydrogen-bond donors (Lipinski definition) is 2. The van der Waals surface area contributed by atoms with Gasteiger partial charge in [-0.05, 0) is 6.92 Å². The van der Waals surface area contributed by atoms with Crippen molar-refractivity contribution in [3.8, 4) is 0 Å². The van der Waals surface area contributed by atoms with Crippen LogP contribution in [0.25, 0.3) is 0 Å². The van der Waals surface area contributed by atoms with Crippen LogP contribution in [0.1, 0.15) is 11.6 Å². The molecule has 3 N–H and O–H groups in total. The number of amides is 2. The number of nitrogens with two attached hydrogens (primary N) is 1. The fraction of sp³-hybridized carbons (Fsp3) is 0.500. The Hall–Kier alpha value is -1.59. The fourth-order valence-corrected chi connectivity index (χ4v) is 0.750. The van der Waals surface area contributed by atoms with E-state index in [2.05, 4.69) is 15.2 Å².